The van der Waals surface area contributed by atoms with Crippen LogP contribution in [0.2, 0.25) is 0 Å². The van der Waals surface area contributed by atoms with Crippen molar-refractivity contribution in [1.82, 2.24) is 0 Å². The van der Waals surface area contributed by atoms with Gasteiger partial charge in [0.1, 0.15) is 5.75 Å². The summed E-state index contributed by atoms with van der Waals surface area (Å²) in [4.78, 5) is 12.2. The fourth-order valence-electron chi connectivity index (χ4n) is 2.41. The molecule has 0 spiro atoms. The monoisotopic (exact) mass is 248 g/mol. The van der Waals surface area contributed by atoms with Crippen molar-refractivity contribution in [1.29, 1.82) is 0 Å². The van der Waals surface area contributed by atoms with Crippen molar-refractivity contribution in [2.75, 3.05) is 5.32 Å². The molecule has 0 bridgehead atoms. The minimum atomic E-state index is -0.783. The molecule has 1 fully saturated rings. The van der Waals surface area contributed by atoms with Gasteiger partial charge in [0.2, 0.25) is 5.91 Å². The maximum absolute atomic E-state index is 12.2. The molecule has 18 heavy (non-hydrogen) atoms. The van der Waals surface area contributed by atoms with Gasteiger partial charge in [0, 0.05) is 0 Å². The Morgan fingerprint density at radius 3 is 2.67 bits per heavy atom. The summed E-state index contributed by atoms with van der Waals surface area (Å²) >= 11 is 0. The second kappa shape index (κ2) is 4.98. The smallest absolute Gasteiger partial charge is 0.244 e. The Bertz CT molecular complexity index is 451. The van der Waals surface area contributed by atoms with Gasteiger partial charge in [-0.25, -0.2) is 0 Å². The molecular formula is C14H20N2O2. The van der Waals surface area contributed by atoms with E-state index in [1.54, 1.807) is 18.2 Å². The molecule has 1 amide bonds. The second-order valence-electron chi connectivity index (χ2n) is 5.19. The van der Waals surface area contributed by atoms with E-state index in [9.17, 15) is 9.90 Å². The number of carbonyl (C=O) groups excluding carboxylic acids is 1. The van der Waals surface area contributed by atoms with E-state index in [-0.39, 0.29) is 11.7 Å². The highest BCUT2D eigenvalue weighted by molar-refractivity contribution is 5.99. The van der Waals surface area contributed by atoms with E-state index < -0.39 is 5.54 Å². The Morgan fingerprint density at radius 1 is 1.33 bits per heavy atom. The number of hydrogen-bond donors (Lipinski definition) is 3. The normalized spacial score (nSPS) is 18.3. The van der Waals surface area contributed by atoms with Crippen molar-refractivity contribution < 1.29 is 9.90 Å². The number of phenolic OH excluding ortho intramolecular Hbond substituents is 1. The summed E-state index contributed by atoms with van der Waals surface area (Å²) in [5.74, 6) is -0.114. The molecule has 1 saturated carbocycles. The number of phenols is 1. The lowest BCUT2D eigenvalue weighted by atomic mass is 9.82. The lowest BCUT2D eigenvalue weighted by Crippen LogP contribution is -2.52. The van der Waals surface area contributed by atoms with E-state index in [4.69, 9.17) is 5.73 Å². The summed E-state index contributed by atoms with van der Waals surface area (Å²) in [6.45, 7) is 1.91. The van der Waals surface area contributed by atoms with Crippen molar-refractivity contribution in [3.8, 4) is 5.75 Å². The zero-order valence-electron chi connectivity index (χ0n) is 10.7. The Labute approximate surface area is 107 Å². The van der Waals surface area contributed by atoms with Gasteiger partial charge in [0.05, 0.1) is 11.2 Å². The number of hydrogen-bond acceptors (Lipinski definition) is 3. The summed E-state index contributed by atoms with van der Waals surface area (Å²) in [5, 5.41) is 12.5. The third-order valence-corrected chi connectivity index (χ3v) is 3.60. The van der Waals surface area contributed by atoms with Crippen molar-refractivity contribution in [3.63, 3.8) is 0 Å². The van der Waals surface area contributed by atoms with Crippen molar-refractivity contribution in [2.45, 2.75) is 44.6 Å². The van der Waals surface area contributed by atoms with Gasteiger partial charge in [-0.1, -0.05) is 25.3 Å². The Morgan fingerprint density at radius 2 is 2.00 bits per heavy atom. The molecule has 98 valence electrons. The van der Waals surface area contributed by atoms with Crippen LogP contribution >= 0.6 is 0 Å². The molecule has 1 aliphatic rings. The third-order valence-electron chi connectivity index (χ3n) is 3.60. The van der Waals surface area contributed by atoms with E-state index >= 15 is 0 Å². The SMILES string of the molecule is Cc1ccc(O)c(NC(=O)C2(N)CCCCC2)c1. The highest BCUT2D eigenvalue weighted by Gasteiger charge is 2.35. The van der Waals surface area contributed by atoms with Gasteiger partial charge >= 0.3 is 0 Å². The minimum Gasteiger partial charge on any atom is -0.506 e. The van der Waals surface area contributed by atoms with Crippen LogP contribution in [0.3, 0.4) is 0 Å². The van der Waals surface area contributed by atoms with Crippen LogP contribution in [0.15, 0.2) is 18.2 Å². The molecule has 0 aliphatic heterocycles. The molecule has 0 aromatic heterocycles. The molecule has 0 heterocycles. The number of anilines is 1. The van der Waals surface area contributed by atoms with Crippen LogP contribution in [-0.4, -0.2) is 16.6 Å². The van der Waals surface area contributed by atoms with Crippen LogP contribution in [0.25, 0.3) is 0 Å². The van der Waals surface area contributed by atoms with Gasteiger partial charge in [-0.05, 0) is 37.5 Å². The zero-order chi connectivity index (χ0) is 13.2. The van der Waals surface area contributed by atoms with Gasteiger partial charge in [-0.3, -0.25) is 4.79 Å². The van der Waals surface area contributed by atoms with E-state index in [0.717, 1.165) is 24.8 Å². The van der Waals surface area contributed by atoms with Crippen molar-refractivity contribution >= 4 is 11.6 Å². The topological polar surface area (TPSA) is 75.3 Å². The predicted molar refractivity (Wildman–Crippen MR) is 71.5 cm³/mol. The summed E-state index contributed by atoms with van der Waals surface area (Å²) in [5.41, 5.74) is 6.79. The molecule has 4 heteroatoms. The van der Waals surface area contributed by atoms with Crippen LogP contribution < -0.4 is 11.1 Å². The molecule has 0 saturated heterocycles. The van der Waals surface area contributed by atoms with E-state index in [2.05, 4.69) is 5.32 Å². The third kappa shape index (κ3) is 2.64. The first-order valence-corrected chi connectivity index (χ1v) is 6.41. The maximum Gasteiger partial charge on any atom is 0.244 e. The first-order chi connectivity index (χ1) is 8.51. The van der Waals surface area contributed by atoms with E-state index in [0.29, 0.717) is 18.5 Å². The van der Waals surface area contributed by atoms with Crippen molar-refractivity contribution in [3.05, 3.63) is 23.8 Å². The predicted octanol–water partition coefficient (Wildman–Crippen LogP) is 2.30. The Balaban J connectivity index is 2.13. The number of amides is 1. The van der Waals surface area contributed by atoms with Gasteiger partial charge in [0.15, 0.2) is 0 Å². The average molecular weight is 248 g/mol. The standard InChI is InChI=1S/C14H20N2O2/c1-10-5-6-12(17)11(9-10)16-13(18)14(15)7-3-2-4-8-14/h5-6,9,17H,2-4,7-8,15H2,1H3,(H,16,18). The van der Waals surface area contributed by atoms with E-state index in [1.165, 1.54) is 0 Å². The highest BCUT2D eigenvalue weighted by Crippen LogP contribution is 2.29. The maximum atomic E-state index is 12.2. The van der Waals surface area contributed by atoms with Crippen LogP contribution in [0, 0.1) is 6.92 Å². The summed E-state index contributed by atoms with van der Waals surface area (Å²) < 4.78 is 0. The van der Waals surface area contributed by atoms with Gasteiger partial charge in [-0.15, -0.1) is 0 Å². The largest absolute Gasteiger partial charge is 0.506 e. The molecule has 0 radical (unpaired) electrons. The summed E-state index contributed by atoms with van der Waals surface area (Å²) in [6.07, 6.45) is 4.55. The number of benzene rings is 1. The second-order valence-corrected chi connectivity index (χ2v) is 5.19. The van der Waals surface area contributed by atoms with Crippen LogP contribution in [0.1, 0.15) is 37.7 Å². The molecule has 0 atom stereocenters. The molecular weight excluding hydrogens is 228 g/mol. The number of rotatable bonds is 2. The fraction of sp³-hybridized carbons (Fsp3) is 0.500. The lowest BCUT2D eigenvalue weighted by Gasteiger charge is -2.31. The molecule has 1 aliphatic carbocycles. The molecule has 1 aromatic carbocycles. The zero-order valence-corrected chi connectivity index (χ0v) is 10.7. The number of aryl methyl sites for hydroxylation is 1. The summed E-state index contributed by atoms with van der Waals surface area (Å²) in [6, 6.07) is 5.12. The molecule has 0 unspecified atom stereocenters. The number of aromatic hydroxyl groups is 1. The first kappa shape index (κ1) is 12.9. The first-order valence-electron chi connectivity index (χ1n) is 6.41. The minimum absolute atomic E-state index is 0.0772. The molecule has 4 N–H and O–H groups in total. The van der Waals surface area contributed by atoms with Gasteiger partial charge in [-0.2, -0.15) is 0 Å². The van der Waals surface area contributed by atoms with Gasteiger partial charge in [0.25, 0.3) is 0 Å². The Hall–Kier alpha value is -1.55. The lowest BCUT2D eigenvalue weighted by molar-refractivity contribution is -0.122. The van der Waals surface area contributed by atoms with Crippen molar-refractivity contribution in [2.24, 2.45) is 5.73 Å². The Kier molecular flexibility index (Phi) is 3.57. The number of nitrogens with two attached hydrogens (primary N) is 1. The average Bonchev–Trinajstić information content (AvgIpc) is 2.35. The molecule has 2 rings (SSSR count). The summed E-state index contributed by atoms with van der Waals surface area (Å²) in [7, 11) is 0. The fourth-order valence-corrected chi connectivity index (χ4v) is 2.41. The molecule has 4 nitrogen and oxygen atoms in total. The number of nitrogens with one attached hydrogen (secondary N) is 1. The number of carbonyl (C=O) groups is 1. The van der Waals surface area contributed by atoms with Gasteiger partial charge < -0.3 is 16.2 Å². The van der Waals surface area contributed by atoms with Crippen LogP contribution in [-0.2, 0) is 4.79 Å². The van der Waals surface area contributed by atoms with E-state index in [1.807, 2.05) is 6.92 Å². The highest BCUT2D eigenvalue weighted by atomic mass is 16.3. The van der Waals surface area contributed by atoms with Crippen LogP contribution in [0.4, 0.5) is 5.69 Å². The quantitative estimate of drug-likeness (QED) is 0.703. The van der Waals surface area contributed by atoms with Crippen LogP contribution in [0.5, 0.6) is 5.75 Å². The molecule has 1 aromatic rings.